The lowest BCUT2D eigenvalue weighted by Gasteiger charge is -2.12. The van der Waals surface area contributed by atoms with Gasteiger partial charge in [-0.25, -0.2) is 22.7 Å². The number of carboxylic acid groups (broad SMARTS) is 1. The second-order valence-corrected chi connectivity index (χ2v) is 6.18. The van der Waals surface area contributed by atoms with Crippen LogP contribution < -0.4 is 15.4 Å². The van der Waals surface area contributed by atoms with Gasteiger partial charge in [-0.2, -0.15) is 0 Å². The molecule has 0 bridgehead atoms. The highest BCUT2D eigenvalue weighted by Crippen LogP contribution is 2.20. The second-order valence-electron chi connectivity index (χ2n) is 4.35. The summed E-state index contributed by atoms with van der Waals surface area (Å²) in [6.07, 6.45) is 1.01. The zero-order valence-corrected chi connectivity index (χ0v) is 12.5. The molecule has 0 spiro atoms. The third-order valence-electron chi connectivity index (χ3n) is 2.52. The Labute approximate surface area is 122 Å². The minimum atomic E-state index is -3.31. The van der Waals surface area contributed by atoms with Gasteiger partial charge in [0.1, 0.15) is 0 Å². The van der Waals surface area contributed by atoms with E-state index in [-0.39, 0.29) is 24.3 Å². The summed E-state index contributed by atoms with van der Waals surface area (Å²) in [6, 6.07) is 4.03. The van der Waals surface area contributed by atoms with Gasteiger partial charge in [0.2, 0.25) is 10.0 Å². The molecule has 0 saturated heterocycles. The number of aryl methyl sites for hydroxylation is 1. The number of anilines is 1. The lowest BCUT2D eigenvalue weighted by Crippen LogP contribution is -2.36. The number of carbonyl (C=O) groups excluding carboxylic acids is 1. The summed E-state index contributed by atoms with van der Waals surface area (Å²) in [5.41, 5.74) is 0.803. The van der Waals surface area contributed by atoms with Crippen molar-refractivity contribution < 1.29 is 23.1 Å². The van der Waals surface area contributed by atoms with Crippen LogP contribution in [0.1, 0.15) is 15.9 Å². The first-order chi connectivity index (χ1) is 9.70. The van der Waals surface area contributed by atoms with Crippen molar-refractivity contribution in [3.8, 4) is 0 Å². The molecule has 0 aromatic heterocycles. The number of carboxylic acids is 1. The van der Waals surface area contributed by atoms with Gasteiger partial charge in [0.05, 0.1) is 17.5 Å². The smallest absolute Gasteiger partial charge is 0.337 e. The molecule has 1 aromatic rings. The maximum absolute atomic E-state index is 11.7. The Balaban J connectivity index is 2.61. The van der Waals surface area contributed by atoms with E-state index >= 15 is 0 Å². The van der Waals surface area contributed by atoms with Gasteiger partial charge in [0, 0.05) is 13.1 Å². The van der Waals surface area contributed by atoms with Crippen molar-refractivity contribution in [3.05, 3.63) is 29.3 Å². The van der Waals surface area contributed by atoms with Crippen LogP contribution in [0, 0.1) is 6.92 Å². The SMILES string of the molecule is Cc1cccc(C(=O)O)c1NC(=O)NCCNS(C)(=O)=O. The number of hydrogen-bond donors (Lipinski definition) is 4. The maximum atomic E-state index is 11.7. The fourth-order valence-electron chi connectivity index (χ4n) is 1.58. The van der Waals surface area contributed by atoms with Crippen molar-refractivity contribution in [2.24, 2.45) is 0 Å². The van der Waals surface area contributed by atoms with E-state index in [0.29, 0.717) is 5.56 Å². The quantitative estimate of drug-likeness (QED) is 0.564. The number of nitrogens with one attached hydrogen (secondary N) is 3. The minimum absolute atomic E-state index is 0.0144. The van der Waals surface area contributed by atoms with Crippen molar-refractivity contribution in [2.45, 2.75) is 6.92 Å². The lowest BCUT2D eigenvalue weighted by atomic mass is 10.1. The predicted octanol–water partition coefficient (Wildman–Crippen LogP) is 0.364. The number of para-hydroxylation sites is 1. The van der Waals surface area contributed by atoms with Gasteiger partial charge in [-0.1, -0.05) is 12.1 Å². The molecule has 0 aliphatic carbocycles. The molecule has 1 aromatic carbocycles. The molecule has 0 aliphatic rings. The third-order valence-corrected chi connectivity index (χ3v) is 3.25. The Kier molecular flexibility index (Phi) is 5.68. The van der Waals surface area contributed by atoms with E-state index in [0.717, 1.165) is 6.26 Å². The molecule has 0 aliphatic heterocycles. The molecule has 8 nitrogen and oxygen atoms in total. The van der Waals surface area contributed by atoms with Gasteiger partial charge in [0.25, 0.3) is 0 Å². The first-order valence-electron chi connectivity index (χ1n) is 6.03. The molecule has 0 heterocycles. The monoisotopic (exact) mass is 315 g/mol. The average Bonchev–Trinajstić information content (AvgIpc) is 2.35. The molecule has 2 amide bonds. The number of rotatable bonds is 6. The lowest BCUT2D eigenvalue weighted by molar-refractivity contribution is 0.0698. The van der Waals surface area contributed by atoms with E-state index in [4.69, 9.17) is 5.11 Å². The summed E-state index contributed by atoms with van der Waals surface area (Å²) in [5.74, 6) is -1.15. The largest absolute Gasteiger partial charge is 0.478 e. The Morgan fingerprint density at radius 3 is 2.48 bits per heavy atom. The average molecular weight is 315 g/mol. The topological polar surface area (TPSA) is 125 Å². The number of carbonyl (C=O) groups is 2. The maximum Gasteiger partial charge on any atom is 0.337 e. The Morgan fingerprint density at radius 2 is 1.90 bits per heavy atom. The summed E-state index contributed by atoms with van der Waals surface area (Å²) in [6.45, 7) is 1.80. The van der Waals surface area contributed by atoms with Crippen LogP contribution in [0.3, 0.4) is 0 Å². The van der Waals surface area contributed by atoms with E-state index in [1.165, 1.54) is 6.07 Å². The van der Waals surface area contributed by atoms with Crippen molar-refractivity contribution in [1.82, 2.24) is 10.0 Å². The van der Waals surface area contributed by atoms with Crippen molar-refractivity contribution in [3.63, 3.8) is 0 Å². The normalized spacial score (nSPS) is 11.0. The molecule has 0 saturated carbocycles. The minimum Gasteiger partial charge on any atom is -0.478 e. The first-order valence-corrected chi connectivity index (χ1v) is 7.92. The van der Waals surface area contributed by atoms with Crippen LogP contribution in [-0.2, 0) is 10.0 Å². The molecule has 0 atom stereocenters. The highest BCUT2D eigenvalue weighted by atomic mass is 32.2. The van der Waals surface area contributed by atoms with Gasteiger partial charge in [-0.15, -0.1) is 0 Å². The zero-order chi connectivity index (χ0) is 16.0. The van der Waals surface area contributed by atoms with Crippen LogP contribution >= 0.6 is 0 Å². The van der Waals surface area contributed by atoms with Gasteiger partial charge in [-0.05, 0) is 18.6 Å². The summed E-state index contributed by atoms with van der Waals surface area (Å²) >= 11 is 0. The Bertz CT molecular complexity index is 642. The summed E-state index contributed by atoms with van der Waals surface area (Å²) in [4.78, 5) is 22.7. The predicted molar refractivity (Wildman–Crippen MR) is 78.0 cm³/mol. The van der Waals surface area contributed by atoms with Gasteiger partial charge in [0.15, 0.2) is 0 Å². The zero-order valence-electron chi connectivity index (χ0n) is 11.6. The number of aromatic carboxylic acids is 1. The number of sulfonamides is 1. The van der Waals surface area contributed by atoms with Crippen LogP contribution in [0.2, 0.25) is 0 Å². The highest BCUT2D eigenvalue weighted by Gasteiger charge is 2.14. The van der Waals surface area contributed by atoms with Crippen LogP contribution in [0.15, 0.2) is 18.2 Å². The van der Waals surface area contributed by atoms with Crippen LogP contribution in [0.5, 0.6) is 0 Å². The molecule has 4 N–H and O–H groups in total. The van der Waals surface area contributed by atoms with E-state index in [2.05, 4.69) is 15.4 Å². The van der Waals surface area contributed by atoms with E-state index in [9.17, 15) is 18.0 Å². The van der Waals surface area contributed by atoms with Crippen molar-refractivity contribution in [1.29, 1.82) is 0 Å². The highest BCUT2D eigenvalue weighted by molar-refractivity contribution is 7.88. The van der Waals surface area contributed by atoms with Crippen LogP contribution in [-0.4, -0.2) is 44.9 Å². The van der Waals surface area contributed by atoms with Gasteiger partial charge < -0.3 is 15.7 Å². The number of urea groups is 1. The molecule has 0 unspecified atom stereocenters. The Hall–Kier alpha value is -2.13. The fraction of sp³-hybridized carbons (Fsp3) is 0.333. The summed E-state index contributed by atoms with van der Waals surface area (Å²) in [7, 11) is -3.31. The molecule has 0 fully saturated rings. The number of hydrogen-bond acceptors (Lipinski definition) is 4. The number of benzene rings is 1. The van der Waals surface area contributed by atoms with E-state index < -0.39 is 22.0 Å². The first kappa shape index (κ1) is 16.9. The standard InChI is InChI=1S/C12H17N3O5S/c1-8-4-3-5-9(11(16)17)10(8)15-12(18)13-6-7-14-21(2,19)20/h3-5,14H,6-7H2,1-2H3,(H,16,17)(H2,13,15,18). The van der Waals surface area contributed by atoms with E-state index in [1.54, 1.807) is 19.1 Å². The number of amides is 2. The summed E-state index contributed by atoms with van der Waals surface area (Å²) < 4.78 is 23.9. The molecule has 116 valence electrons. The van der Waals surface area contributed by atoms with Gasteiger partial charge in [-0.3, -0.25) is 0 Å². The molecule has 0 radical (unpaired) electrons. The van der Waals surface area contributed by atoms with E-state index in [1.807, 2.05) is 0 Å². The van der Waals surface area contributed by atoms with Crippen LogP contribution in [0.25, 0.3) is 0 Å². The fourth-order valence-corrected chi connectivity index (χ4v) is 2.05. The molecule has 1 rings (SSSR count). The molecular weight excluding hydrogens is 298 g/mol. The third kappa shape index (κ3) is 5.79. The van der Waals surface area contributed by atoms with Gasteiger partial charge >= 0.3 is 12.0 Å². The molecule has 9 heteroatoms. The van der Waals surface area contributed by atoms with Crippen molar-refractivity contribution in [2.75, 3.05) is 24.7 Å². The Morgan fingerprint density at radius 1 is 1.24 bits per heavy atom. The second kappa shape index (κ2) is 7.04. The molecule has 21 heavy (non-hydrogen) atoms. The van der Waals surface area contributed by atoms with Crippen LogP contribution in [0.4, 0.5) is 10.5 Å². The summed E-state index contributed by atoms with van der Waals surface area (Å²) in [5, 5.41) is 13.9. The van der Waals surface area contributed by atoms with Crippen molar-refractivity contribution >= 4 is 27.7 Å². The molecular formula is C12H17N3O5S.